The van der Waals surface area contributed by atoms with Gasteiger partial charge in [0.05, 0.1) is 7.11 Å². The van der Waals surface area contributed by atoms with Gasteiger partial charge in [0, 0.05) is 18.4 Å². The fraction of sp³-hybridized carbons (Fsp3) is 0.350. The fourth-order valence-corrected chi connectivity index (χ4v) is 3.48. The Bertz CT molecular complexity index is 809. The highest BCUT2D eigenvalue weighted by Crippen LogP contribution is 2.26. The van der Waals surface area contributed by atoms with E-state index in [9.17, 15) is 14.4 Å². The molecule has 130 valence electrons. The highest BCUT2D eigenvalue weighted by atomic mass is 16.5. The molecule has 0 aliphatic heterocycles. The second-order valence-corrected chi connectivity index (χ2v) is 6.40. The highest BCUT2D eigenvalue weighted by molar-refractivity contribution is 6.08. The summed E-state index contributed by atoms with van der Waals surface area (Å²) in [6, 6.07) is 12.3. The van der Waals surface area contributed by atoms with Crippen LogP contribution in [0, 0.1) is 5.92 Å². The Morgan fingerprint density at radius 3 is 2.68 bits per heavy atom. The van der Waals surface area contributed by atoms with Crippen molar-refractivity contribution in [1.82, 2.24) is 5.32 Å². The molecule has 25 heavy (non-hydrogen) atoms. The Labute approximate surface area is 146 Å². The van der Waals surface area contributed by atoms with Gasteiger partial charge in [0.2, 0.25) is 0 Å². The number of carbonyl (C=O) groups is 3. The first-order valence-corrected chi connectivity index (χ1v) is 8.48. The number of hydrogen-bond acceptors (Lipinski definition) is 4. The number of amides is 1. The van der Waals surface area contributed by atoms with Crippen molar-refractivity contribution in [1.29, 1.82) is 0 Å². The number of methoxy groups -OCH3 is 1. The van der Waals surface area contributed by atoms with Crippen LogP contribution in [0.1, 0.15) is 36.0 Å². The molecule has 2 aromatic carbocycles. The Morgan fingerprint density at radius 2 is 1.92 bits per heavy atom. The lowest BCUT2D eigenvalue weighted by Crippen LogP contribution is -2.48. The molecule has 0 radical (unpaired) electrons. The SMILES string of the molecule is COC(=O)[C@@H](NC(=O)c1cccc2ccccc12)[C@@H]1CCCC(=O)C1. The van der Waals surface area contributed by atoms with Gasteiger partial charge in [-0.15, -0.1) is 0 Å². The number of Topliss-reactive ketones (excluding diaryl/α,β-unsaturated/α-hetero) is 1. The summed E-state index contributed by atoms with van der Waals surface area (Å²) in [5.41, 5.74) is 0.508. The van der Waals surface area contributed by atoms with Crippen molar-refractivity contribution in [3.05, 3.63) is 48.0 Å². The number of hydrogen-bond donors (Lipinski definition) is 1. The molecule has 1 N–H and O–H groups in total. The highest BCUT2D eigenvalue weighted by Gasteiger charge is 2.34. The third-order valence-electron chi connectivity index (χ3n) is 4.77. The molecule has 1 aliphatic rings. The van der Waals surface area contributed by atoms with Crippen molar-refractivity contribution in [2.45, 2.75) is 31.7 Å². The summed E-state index contributed by atoms with van der Waals surface area (Å²) in [6.07, 6.45) is 2.31. The predicted octanol–water partition coefficient (Wildman–Crippen LogP) is 2.87. The van der Waals surface area contributed by atoms with Crippen molar-refractivity contribution < 1.29 is 19.1 Å². The smallest absolute Gasteiger partial charge is 0.328 e. The maximum absolute atomic E-state index is 12.8. The molecular formula is C20H21NO4. The largest absolute Gasteiger partial charge is 0.467 e. The van der Waals surface area contributed by atoms with Crippen LogP contribution >= 0.6 is 0 Å². The van der Waals surface area contributed by atoms with E-state index in [0.717, 1.165) is 23.6 Å². The lowest BCUT2D eigenvalue weighted by Gasteiger charge is -2.28. The van der Waals surface area contributed by atoms with Gasteiger partial charge in [0.25, 0.3) is 5.91 Å². The maximum Gasteiger partial charge on any atom is 0.328 e. The van der Waals surface area contributed by atoms with Crippen LogP contribution in [0.15, 0.2) is 42.5 Å². The number of fused-ring (bicyclic) bond motifs is 1. The van der Waals surface area contributed by atoms with Crippen LogP contribution in [0.25, 0.3) is 10.8 Å². The molecule has 2 aromatic rings. The number of esters is 1. The predicted molar refractivity (Wildman–Crippen MR) is 94.2 cm³/mol. The lowest BCUT2D eigenvalue weighted by atomic mass is 9.83. The minimum Gasteiger partial charge on any atom is -0.467 e. The van der Waals surface area contributed by atoms with Crippen molar-refractivity contribution in [2.75, 3.05) is 7.11 Å². The number of rotatable bonds is 4. The molecule has 0 heterocycles. The first kappa shape index (κ1) is 17.1. The second kappa shape index (κ2) is 7.47. The van der Waals surface area contributed by atoms with Gasteiger partial charge >= 0.3 is 5.97 Å². The van der Waals surface area contributed by atoms with E-state index in [0.29, 0.717) is 18.4 Å². The zero-order chi connectivity index (χ0) is 17.8. The van der Waals surface area contributed by atoms with E-state index in [1.165, 1.54) is 7.11 Å². The summed E-state index contributed by atoms with van der Waals surface area (Å²) >= 11 is 0. The van der Waals surface area contributed by atoms with Gasteiger partial charge in [0.1, 0.15) is 11.8 Å². The molecule has 0 saturated heterocycles. The molecule has 1 amide bonds. The quantitative estimate of drug-likeness (QED) is 0.870. The second-order valence-electron chi connectivity index (χ2n) is 6.40. The van der Waals surface area contributed by atoms with E-state index >= 15 is 0 Å². The molecular weight excluding hydrogens is 318 g/mol. The zero-order valence-corrected chi connectivity index (χ0v) is 14.2. The topological polar surface area (TPSA) is 72.5 Å². The minimum absolute atomic E-state index is 0.129. The van der Waals surface area contributed by atoms with Gasteiger partial charge in [-0.3, -0.25) is 9.59 Å². The normalized spacial score (nSPS) is 18.6. The Morgan fingerprint density at radius 1 is 1.16 bits per heavy atom. The van der Waals surface area contributed by atoms with Gasteiger partial charge in [-0.2, -0.15) is 0 Å². The Hall–Kier alpha value is -2.69. The zero-order valence-electron chi connectivity index (χ0n) is 14.2. The summed E-state index contributed by atoms with van der Waals surface area (Å²) in [5.74, 6) is -0.921. The van der Waals surface area contributed by atoms with Gasteiger partial charge < -0.3 is 10.1 Å². The maximum atomic E-state index is 12.8. The standard InChI is InChI=1S/C20H21NO4/c1-25-20(24)18(14-8-4-9-15(22)12-14)21-19(23)17-11-5-7-13-6-2-3-10-16(13)17/h2-3,5-7,10-11,14,18H,4,8-9,12H2,1H3,(H,21,23)/t14-,18+/m1/s1. The van der Waals surface area contributed by atoms with Crippen LogP contribution in [0.4, 0.5) is 0 Å². The number of ketones is 1. The van der Waals surface area contributed by atoms with Crippen LogP contribution in [0.3, 0.4) is 0 Å². The molecule has 3 rings (SSSR count). The molecule has 0 unspecified atom stereocenters. The van der Waals surface area contributed by atoms with E-state index in [1.807, 2.05) is 36.4 Å². The Balaban J connectivity index is 1.87. The van der Waals surface area contributed by atoms with Crippen LogP contribution in [-0.2, 0) is 14.3 Å². The molecule has 1 fully saturated rings. The van der Waals surface area contributed by atoms with Crippen molar-refractivity contribution >= 4 is 28.4 Å². The van der Waals surface area contributed by atoms with E-state index in [4.69, 9.17) is 4.74 Å². The molecule has 1 aliphatic carbocycles. The van der Waals surface area contributed by atoms with Crippen molar-refractivity contribution in [2.24, 2.45) is 5.92 Å². The monoisotopic (exact) mass is 339 g/mol. The van der Waals surface area contributed by atoms with Gasteiger partial charge in [-0.1, -0.05) is 36.4 Å². The van der Waals surface area contributed by atoms with E-state index in [2.05, 4.69) is 5.32 Å². The van der Waals surface area contributed by atoms with Crippen LogP contribution in [0.5, 0.6) is 0 Å². The van der Waals surface area contributed by atoms with Gasteiger partial charge in [0.15, 0.2) is 0 Å². The summed E-state index contributed by atoms with van der Waals surface area (Å²) < 4.78 is 4.86. The molecule has 5 heteroatoms. The Kier molecular flexibility index (Phi) is 5.12. The van der Waals surface area contributed by atoms with E-state index in [-0.39, 0.29) is 17.6 Å². The average Bonchev–Trinajstić information content (AvgIpc) is 2.64. The minimum atomic E-state index is -0.805. The lowest BCUT2D eigenvalue weighted by molar-refractivity contribution is -0.145. The first-order chi connectivity index (χ1) is 12.1. The third-order valence-corrected chi connectivity index (χ3v) is 4.77. The van der Waals surface area contributed by atoms with Crippen LogP contribution < -0.4 is 5.32 Å². The van der Waals surface area contributed by atoms with Gasteiger partial charge in [-0.05, 0) is 35.6 Å². The van der Waals surface area contributed by atoms with Crippen LogP contribution in [-0.4, -0.2) is 30.8 Å². The van der Waals surface area contributed by atoms with Crippen LogP contribution in [0.2, 0.25) is 0 Å². The molecule has 0 spiro atoms. The molecule has 0 bridgehead atoms. The summed E-state index contributed by atoms with van der Waals surface area (Å²) in [5, 5.41) is 4.58. The van der Waals surface area contributed by atoms with Crippen molar-refractivity contribution in [3.63, 3.8) is 0 Å². The fourth-order valence-electron chi connectivity index (χ4n) is 3.48. The molecule has 2 atom stereocenters. The summed E-state index contributed by atoms with van der Waals surface area (Å²) in [7, 11) is 1.30. The molecule has 5 nitrogen and oxygen atoms in total. The van der Waals surface area contributed by atoms with Crippen molar-refractivity contribution in [3.8, 4) is 0 Å². The average molecular weight is 339 g/mol. The summed E-state index contributed by atoms with van der Waals surface area (Å²) in [6.45, 7) is 0. The third kappa shape index (κ3) is 3.71. The van der Waals surface area contributed by atoms with Gasteiger partial charge in [-0.25, -0.2) is 4.79 Å². The number of ether oxygens (including phenoxy) is 1. The molecule has 0 aromatic heterocycles. The van der Waals surface area contributed by atoms with E-state index in [1.54, 1.807) is 6.07 Å². The van der Waals surface area contributed by atoms with E-state index < -0.39 is 12.0 Å². The first-order valence-electron chi connectivity index (χ1n) is 8.48. The summed E-state index contributed by atoms with van der Waals surface area (Å²) in [4.78, 5) is 36.8. The number of benzene rings is 2. The number of carbonyl (C=O) groups excluding carboxylic acids is 3. The molecule has 1 saturated carbocycles. The number of nitrogens with one attached hydrogen (secondary N) is 1.